The van der Waals surface area contributed by atoms with Crippen LogP contribution >= 0.6 is 12.2 Å². The van der Waals surface area contributed by atoms with Gasteiger partial charge < -0.3 is 10.6 Å². The quantitative estimate of drug-likeness (QED) is 0.876. The Morgan fingerprint density at radius 3 is 2.71 bits per heavy atom. The number of hydrogen-bond acceptors (Lipinski definition) is 3. The third-order valence-corrected chi connectivity index (χ3v) is 3.57. The fraction of sp³-hybridized carbons (Fsp3) is 0.267. The fourth-order valence-electron chi connectivity index (χ4n) is 2.06. The molecule has 2 rings (SSSR count). The predicted molar refractivity (Wildman–Crippen MR) is 87.6 cm³/mol. The number of amides is 1. The maximum Gasteiger partial charge on any atom is 0.276 e. The van der Waals surface area contributed by atoms with Crippen LogP contribution in [-0.2, 0) is 13.5 Å². The van der Waals surface area contributed by atoms with Crippen LogP contribution in [0.4, 0.5) is 5.69 Å². The number of nitrogens with zero attached hydrogens (tertiary/aromatic N) is 3. The molecule has 0 aliphatic heterocycles. The number of nitrogens with two attached hydrogens (primary N) is 1. The van der Waals surface area contributed by atoms with Crippen molar-refractivity contribution in [1.82, 2.24) is 9.78 Å². The molecule has 2 aromatic rings. The molecule has 0 spiro atoms. The van der Waals surface area contributed by atoms with E-state index in [0.29, 0.717) is 10.7 Å². The maximum atomic E-state index is 12.6. The van der Waals surface area contributed by atoms with Gasteiger partial charge in [0, 0.05) is 25.3 Å². The van der Waals surface area contributed by atoms with Crippen LogP contribution < -0.4 is 10.6 Å². The summed E-state index contributed by atoms with van der Waals surface area (Å²) in [4.78, 5) is 14.5. The van der Waals surface area contributed by atoms with Crippen molar-refractivity contribution in [2.45, 2.75) is 13.3 Å². The van der Waals surface area contributed by atoms with Crippen molar-refractivity contribution in [3.05, 3.63) is 47.3 Å². The lowest BCUT2D eigenvalue weighted by molar-refractivity contribution is 0.0984. The third kappa shape index (κ3) is 3.11. The Bertz CT molecular complexity index is 693. The van der Waals surface area contributed by atoms with E-state index < -0.39 is 0 Å². The average Bonchev–Trinajstić information content (AvgIpc) is 2.87. The highest BCUT2D eigenvalue weighted by atomic mass is 32.1. The van der Waals surface area contributed by atoms with Crippen molar-refractivity contribution in [2.75, 3.05) is 11.9 Å². The van der Waals surface area contributed by atoms with E-state index in [1.807, 2.05) is 31.2 Å². The van der Waals surface area contributed by atoms with Crippen molar-refractivity contribution >= 4 is 28.8 Å². The smallest absolute Gasteiger partial charge is 0.276 e. The number of rotatable bonds is 4. The van der Waals surface area contributed by atoms with E-state index in [1.165, 1.54) is 0 Å². The van der Waals surface area contributed by atoms with Gasteiger partial charge in [-0.15, -0.1) is 0 Å². The van der Waals surface area contributed by atoms with Crippen molar-refractivity contribution in [3.63, 3.8) is 0 Å². The van der Waals surface area contributed by atoms with Crippen LogP contribution in [0.15, 0.2) is 30.3 Å². The minimum absolute atomic E-state index is 0.121. The van der Waals surface area contributed by atoms with E-state index in [0.717, 1.165) is 23.4 Å². The zero-order chi connectivity index (χ0) is 15.6. The van der Waals surface area contributed by atoms with Crippen LogP contribution in [-0.4, -0.2) is 27.7 Å². The topological polar surface area (TPSA) is 64.2 Å². The number of aryl methyl sites for hydroxylation is 2. The van der Waals surface area contributed by atoms with Gasteiger partial charge in [0.1, 0.15) is 10.7 Å². The molecule has 0 fully saturated rings. The lowest BCUT2D eigenvalue weighted by atomic mass is 10.2. The van der Waals surface area contributed by atoms with Crippen molar-refractivity contribution in [3.8, 4) is 0 Å². The summed E-state index contributed by atoms with van der Waals surface area (Å²) in [7, 11) is 3.49. The molecule has 0 saturated heterocycles. The standard InChI is InChI=1S/C15H18N4OS/c1-4-11-9-13(19(3)17-11)15(20)18(2)12-7-5-6-10(8-12)14(16)21/h5-9H,4H2,1-3H3,(H2,16,21). The van der Waals surface area contributed by atoms with Crippen LogP contribution in [0.5, 0.6) is 0 Å². The van der Waals surface area contributed by atoms with E-state index >= 15 is 0 Å². The zero-order valence-corrected chi connectivity index (χ0v) is 13.1. The van der Waals surface area contributed by atoms with Crippen LogP contribution in [0.25, 0.3) is 0 Å². The summed E-state index contributed by atoms with van der Waals surface area (Å²) in [5, 5.41) is 4.30. The van der Waals surface area contributed by atoms with Gasteiger partial charge in [0.2, 0.25) is 0 Å². The third-order valence-electron chi connectivity index (χ3n) is 3.33. The number of anilines is 1. The van der Waals surface area contributed by atoms with Gasteiger partial charge in [-0.05, 0) is 24.6 Å². The average molecular weight is 302 g/mol. The number of carbonyl (C=O) groups is 1. The molecule has 21 heavy (non-hydrogen) atoms. The molecule has 6 heteroatoms. The molecule has 0 bridgehead atoms. The molecule has 1 amide bonds. The minimum Gasteiger partial charge on any atom is -0.389 e. The molecule has 1 aromatic heterocycles. The zero-order valence-electron chi connectivity index (χ0n) is 12.3. The lowest BCUT2D eigenvalue weighted by Gasteiger charge is -2.18. The molecule has 1 heterocycles. The van der Waals surface area contributed by atoms with Crippen LogP contribution in [0.2, 0.25) is 0 Å². The van der Waals surface area contributed by atoms with Gasteiger partial charge >= 0.3 is 0 Å². The van der Waals surface area contributed by atoms with Crippen LogP contribution in [0, 0.1) is 0 Å². The van der Waals surface area contributed by atoms with Gasteiger partial charge in [0.25, 0.3) is 5.91 Å². The second-order valence-electron chi connectivity index (χ2n) is 4.78. The summed E-state index contributed by atoms with van der Waals surface area (Å²) in [5.41, 5.74) is 8.55. The highest BCUT2D eigenvalue weighted by Crippen LogP contribution is 2.18. The van der Waals surface area contributed by atoms with Crippen LogP contribution in [0.1, 0.15) is 28.7 Å². The van der Waals surface area contributed by atoms with Gasteiger partial charge in [0.15, 0.2) is 0 Å². The molecule has 2 N–H and O–H groups in total. The van der Waals surface area contributed by atoms with E-state index in [9.17, 15) is 4.79 Å². The summed E-state index contributed by atoms with van der Waals surface area (Å²) < 4.78 is 1.61. The van der Waals surface area contributed by atoms with E-state index in [2.05, 4.69) is 5.10 Å². The Kier molecular flexibility index (Phi) is 4.37. The minimum atomic E-state index is -0.121. The lowest BCUT2D eigenvalue weighted by Crippen LogP contribution is -2.28. The Morgan fingerprint density at radius 1 is 1.43 bits per heavy atom. The summed E-state index contributed by atoms with van der Waals surface area (Å²) in [6.45, 7) is 2.01. The Hall–Kier alpha value is -2.21. The molecule has 0 aliphatic carbocycles. The first-order valence-electron chi connectivity index (χ1n) is 6.65. The van der Waals surface area contributed by atoms with Gasteiger partial charge in [-0.3, -0.25) is 9.48 Å². The number of carbonyl (C=O) groups excluding carboxylic acids is 1. The number of benzene rings is 1. The number of hydrogen-bond donors (Lipinski definition) is 1. The molecule has 110 valence electrons. The Balaban J connectivity index is 2.32. The predicted octanol–water partition coefficient (Wildman–Crippen LogP) is 1.89. The highest BCUT2D eigenvalue weighted by molar-refractivity contribution is 7.80. The van der Waals surface area contributed by atoms with Crippen molar-refractivity contribution < 1.29 is 4.79 Å². The first-order chi connectivity index (χ1) is 9.93. The maximum absolute atomic E-state index is 12.6. The first kappa shape index (κ1) is 15.2. The molecule has 0 atom stereocenters. The molecule has 5 nitrogen and oxygen atoms in total. The summed E-state index contributed by atoms with van der Waals surface area (Å²) in [6, 6.07) is 9.11. The molecular weight excluding hydrogens is 284 g/mol. The molecular formula is C15H18N4OS. The second kappa shape index (κ2) is 6.05. The summed E-state index contributed by atoms with van der Waals surface area (Å²) >= 11 is 4.97. The molecule has 0 unspecified atom stereocenters. The number of aromatic nitrogens is 2. The largest absolute Gasteiger partial charge is 0.389 e. The van der Waals surface area contributed by atoms with Crippen molar-refractivity contribution in [1.29, 1.82) is 0 Å². The fourth-order valence-corrected chi connectivity index (χ4v) is 2.18. The SMILES string of the molecule is CCc1cc(C(=O)N(C)c2cccc(C(N)=S)c2)n(C)n1. The monoisotopic (exact) mass is 302 g/mol. The number of thiocarbonyl (C=S) groups is 1. The molecule has 0 aliphatic rings. The highest BCUT2D eigenvalue weighted by Gasteiger charge is 2.18. The van der Waals surface area contributed by atoms with Gasteiger partial charge in [0.05, 0.1) is 5.69 Å². The van der Waals surface area contributed by atoms with Gasteiger partial charge in [-0.25, -0.2) is 0 Å². The second-order valence-corrected chi connectivity index (χ2v) is 5.22. The van der Waals surface area contributed by atoms with Crippen LogP contribution in [0.3, 0.4) is 0 Å². The van der Waals surface area contributed by atoms with E-state index in [4.69, 9.17) is 18.0 Å². The Labute approximate surface area is 129 Å². The van der Waals surface area contributed by atoms with Crippen molar-refractivity contribution in [2.24, 2.45) is 12.8 Å². The van der Waals surface area contributed by atoms with E-state index in [-0.39, 0.29) is 5.91 Å². The summed E-state index contributed by atoms with van der Waals surface area (Å²) in [5.74, 6) is -0.121. The first-order valence-corrected chi connectivity index (χ1v) is 7.05. The van der Waals surface area contributed by atoms with E-state index in [1.54, 1.807) is 29.7 Å². The van der Waals surface area contributed by atoms with Gasteiger partial charge in [-0.2, -0.15) is 5.10 Å². The summed E-state index contributed by atoms with van der Waals surface area (Å²) in [6.07, 6.45) is 0.793. The molecule has 0 saturated carbocycles. The van der Waals surface area contributed by atoms with Gasteiger partial charge in [-0.1, -0.05) is 31.3 Å². The molecule has 0 radical (unpaired) electrons. The molecule has 1 aromatic carbocycles. The normalized spacial score (nSPS) is 10.4. The Morgan fingerprint density at radius 2 is 2.14 bits per heavy atom.